The second-order valence-corrected chi connectivity index (χ2v) is 6.61. The molecule has 6 nitrogen and oxygen atoms in total. The lowest BCUT2D eigenvalue weighted by atomic mass is 9.86. The Morgan fingerprint density at radius 1 is 1.25 bits per heavy atom. The van der Waals surface area contributed by atoms with Gasteiger partial charge < -0.3 is 20.1 Å². The van der Waals surface area contributed by atoms with Crippen LogP contribution in [0.4, 0.5) is 4.79 Å². The summed E-state index contributed by atoms with van der Waals surface area (Å²) in [6.45, 7) is 1.26. The Balaban J connectivity index is 1.56. The van der Waals surface area contributed by atoms with Gasteiger partial charge in [-0.05, 0) is 43.7 Å². The van der Waals surface area contributed by atoms with Crippen molar-refractivity contribution in [3.63, 3.8) is 0 Å². The van der Waals surface area contributed by atoms with Crippen LogP contribution >= 0.6 is 0 Å². The summed E-state index contributed by atoms with van der Waals surface area (Å²) in [5, 5.41) is 12.1. The maximum absolute atomic E-state index is 12.5. The number of carbonyl (C=O) groups is 2. The molecule has 0 aromatic heterocycles. The van der Waals surface area contributed by atoms with E-state index in [1.165, 1.54) is 5.56 Å². The zero-order valence-corrected chi connectivity index (χ0v) is 14.0. The lowest BCUT2D eigenvalue weighted by Gasteiger charge is -2.33. The van der Waals surface area contributed by atoms with E-state index in [9.17, 15) is 9.59 Å². The van der Waals surface area contributed by atoms with Gasteiger partial charge in [-0.25, -0.2) is 4.79 Å². The topological polar surface area (TPSA) is 78.9 Å². The van der Waals surface area contributed by atoms with Crippen molar-refractivity contribution in [3.8, 4) is 5.75 Å². The first-order chi connectivity index (χ1) is 11.6. The van der Waals surface area contributed by atoms with Crippen LogP contribution in [0.1, 0.15) is 36.8 Å². The van der Waals surface area contributed by atoms with Gasteiger partial charge in [0.2, 0.25) is 0 Å². The Labute approximate surface area is 141 Å². The summed E-state index contributed by atoms with van der Waals surface area (Å²) in [5.74, 6) is -0.0895. The molecule has 1 aliphatic carbocycles. The number of urea groups is 1. The molecule has 2 amide bonds. The van der Waals surface area contributed by atoms with Gasteiger partial charge in [0.1, 0.15) is 5.75 Å². The van der Waals surface area contributed by atoms with Crippen LogP contribution in [0, 0.1) is 5.92 Å². The molecule has 6 heteroatoms. The third kappa shape index (κ3) is 3.47. The number of rotatable bonds is 3. The molecule has 0 bridgehead atoms. The van der Waals surface area contributed by atoms with Gasteiger partial charge >= 0.3 is 12.0 Å². The standard InChI is InChI=1S/C18H24N2O4/c1-24-16-4-2-3-13-11-20(10-9-15(13)16)18(23)19-14-7-5-12(6-8-14)17(21)22/h2-4,12,14H,5-11H2,1H3,(H,19,23)(H,21,22). The smallest absolute Gasteiger partial charge is 0.317 e. The van der Waals surface area contributed by atoms with Crippen molar-refractivity contribution >= 4 is 12.0 Å². The monoisotopic (exact) mass is 332 g/mol. The third-order valence-electron chi connectivity index (χ3n) is 5.13. The molecule has 0 unspecified atom stereocenters. The predicted octanol–water partition coefficient (Wildman–Crippen LogP) is 2.41. The molecular weight excluding hydrogens is 308 g/mol. The first-order valence-corrected chi connectivity index (χ1v) is 8.51. The molecule has 0 atom stereocenters. The van der Waals surface area contributed by atoms with Gasteiger partial charge in [0, 0.05) is 24.7 Å². The van der Waals surface area contributed by atoms with Crippen LogP contribution in [0.2, 0.25) is 0 Å². The summed E-state index contributed by atoms with van der Waals surface area (Å²) >= 11 is 0. The Bertz CT molecular complexity index is 623. The molecule has 1 saturated carbocycles. The number of hydrogen-bond donors (Lipinski definition) is 2. The first-order valence-electron chi connectivity index (χ1n) is 8.51. The lowest BCUT2D eigenvalue weighted by Crippen LogP contribution is -2.47. The van der Waals surface area contributed by atoms with Gasteiger partial charge in [-0.3, -0.25) is 4.79 Å². The molecular formula is C18H24N2O4. The van der Waals surface area contributed by atoms with Crippen LogP contribution < -0.4 is 10.1 Å². The largest absolute Gasteiger partial charge is 0.496 e. The van der Waals surface area contributed by atoms with Gasteiger partial charge in [0.25, 0.3) is 0 Å². The number of carboxylic acids is 1. The Morgan fingerprint density at radius 2 is 2.00 bits per heavy atom. The fourth-order valence-electron chi connectivity index (χ4n) is 3.69. The van der Waals surface area contributed by atoms with Crippen LogP contribution in [0.25, 0.3) is 0 Å². The second-order valence-electron chi connectivity index (χ2n) is 6.61. The van der Waals surface area contributed by atoms with Crippen molar-refractivity contribution in [3.05, 3.63) is 29.3 Å². The van der Waals surface area contributed by atoms with Crippen molar-refractivity contribution in [2.24, 2.45) is 5.92 Å². The predicted molar refractivity (Wildman–Crippen MR) is 89.0 cm³/mol. The molecule has 24 heavy (non-hydrogen) atoms. The van der Waals surface area contributed by atoms with Crippen molar-refractivity contribution in [2.75, 3.05) is 13.7 Å². The molecule has 1 heterocycles. The maximum Gasteiger partial charge on any atom is 0.317 e. The van der Waals surface area contributed by atoms with Gasteiger partial charge in [-0.1, -0.05) is 12.1 Å². The quantitative estimate of drug-likeness (QED) is 0.891. The van der Waals surface area contributed by atoms with Crippen molar-refractivity contribution in [1.29, 1.82) is 0 Å². The highest BCUT2D eigenvalue weighted by atomic mass is 16.5. The highest BCUT2D eigenvalue weighted by Gasteiger charge is 2.29. The number of hydrogen-bond acceptors (Lipinski definition) is 3. The number of carboxylic acid groups (broad SMARTS) is 1. The number of nitrogens with zero attached hydrogens (tertiary/aromatic N) is 1. The summed E-state index contributed by atoms with van der Waals surface area (Å²) < 4.78 is 5.39. The van der Waals surface area contributed by atoms with Gasteiger partial charge in [0.15, 0.2) is 0 Å². The third-order valence-corrected chi connectivity index (χ3v) is 5.13. The fraction of sp³-hybridized carbons (Fsp3) is 0.556. The maximum atomic E-state index is 12.5. The van der Waals surface area contributed by atoms with Gasteiger partial charge in [-0.2, -0.15) is 0 Å². The fourth-order valence-corrected chi connectivity index (χ4v) is 3.69. The number of methoxy groups -OCH3 is 1. The Kier molecular flexibility index (Phi) is 4.92. The van der Waals surface area contributed by atoms with E-state index >= 15 is 0 Å². The van der Waals surface area contributed by atoms with Crippen LogP contribution in [0.15, 0.2) is 18.2 Å². The van der Waals surface area contributed by atoms with Crippen LogP contribution in [-0.4, -0.2) is 41.7 Å². The van der Waals surface area contributed by atoms with Crippen LogP contribution in [0.3, 0.4) is 0 Å². The first kappa shape index (κ1) is 16.6. The number of fused-ring (bicyclic) bond motifs is 1. The van der Waals surface area contributed by atoms with Gasteiger partial charge in [-0.15, -0.1) is 0 Å². The SMILES string of the molecule is COc1cccc2c1CCN(C(=O)NC1CCC(C(=O)O)CC1)C2. The van der Waals surface area contributed by atoms with Gasteiger partial charge in [0.05, 0.1) is 13.0 Å². The van der Waals surface area contributed by atoms with Crippen molar-refractivity contribution < 1.29 is 19.4 Å². The van der Waals surface area contributed by atoms with Crippen molar-refractivity contribution in [2.45, 2.75) is 44.7 Å². The van der Waals surface area contributed by atoms with E-state index in [1.807, 2.05) is 23.1 Å². The molecule has 2 aliphatic rings. The zero-order chi connectivity index (χ0) is 17.1. The Morgan fingerprint density at radius 3 is 2.67 bits per heavy atom. The Hall–Kier alpha value is -2.24. The molecule has 130 valence electrons. The van der Waals surface area contributed by atoms with E-state index in [0.29, 0.717) is 25.9 Å². The van der Waals surface area contributed by atoms with Crippen LogP contribution in [0.5, 0.6) is 5.75 Å². The highest BCUT2D eigenvalue weighted by Crippen LogP contribution is 2.28. The molecule has 1 aromatic rings. The summed E-state index contributed by atoms with van der Waals surface area (Å²) in [7, 11) is 1.67. The average molecular weight is 332 g/mol. The van der Waals surface area contributed by atoms with E-state index in [4.69, 9.17) is 9.84 Å². The van der Waals surface area contributed by atoms with Crippen LogP contribution in [-0.2, 0) is 17.8 Å². The summed E-state index contributed by atoms with van der Waals surface area (Å²) in [4.78, 5) is 25.3. The lowest BCUT2D eigenvalue weighted by molar-refractivity contribution is -0.142. The summed E-state index contributed by atoms with van der Waals surface area (Å²) in [6.07, 6.45) is 3.54. The summed E-state index contributed by atoms with van der Waals surface area (Å²) in [5.41, 5.74) is 2.32. The number of carbonyl (C=O) groups excluding carboxylic acids is 1. The molecule has 2 N–H and O–H groups in total. The van der Waals surface area contributed by atoms with E-state index in [1.54, 1.807) is 7.11 Å². The van der Waals surface area contributed by atoms with E-state index in [0.717, 1.165) is 30.6 Å². The zero-order valence-electron chi connectivity index (χ0n) is 14.0. The number of aliphatic carboxylic acids is 1. The van der Waals surface area contributed by atoms with E-state index < -0.39 is 5.97 Å². The minimum Gasteiger partial charge on any atom is -0.496 e. The molecule has 3 rings (SSSR count). The number of ether oxygens (including phenoxy) is 1. The molecule has 1 aliphatic heterocycles. The molecule has 0 saturated heterocycles. The van der Waals surface area contributed by atoms with E-state index in [2.05, 4.69) is 5.32 Å². The molecule has 1 aromatic carbocycles. The molecule has 1 fully saturated rings. The summed E-state index contributed by atoms with van der Waals surface area (Å²) in [6, 6.07) is 5.97. The molecule has 0 spiro atoms. The molecule has 0 radical (unpaired) electrons. The minimum absolute atomic E-state index is 0.0535. The number of amides is 2. The second kappa shape index (κ2) is 7.11. The number of benzene rings is 1. The number of nitrogens with one attached hydrogen (secondary N) is 1. The average Bonchev–Trinajstić information content (AvgIpc) is 2.61. The normalized spacial score (nSPS) is 23.3. The van der Waals surface area contributed by atoms with Crippen molar-refractivity contribution in [1.82, 2.24) is 10.2 Å². The van der Waals surface area contributed by atoms with E-state index in [-0.39, 0.29) is 18.0 Å². The highest BCUT2D eigenvalue weighted by molar-refractivity contribution is 5.75. The minimum atomic E-state index is -0.721.